The first-order valence-electron chi connectivity index (χ1n) is 4.81. The van der Waals surface area contributed by atoms with Crippen LogP contribution in [0.2, 0.25) is 0 Å². The van der Waals surface area contributed by atoms with E-state index < -0.39 is 18.6 Å². The highest BCUT2D eigenvalue weighted by Crippen LogP contribution is 2.21. The van der Waals surface area contributed by atoms with Gasteiger partial charge in [0.25, 0.3) is 0 Å². The van der Waals surface area contributed by atoms with E-state index in [2.05, 4.69) is 5.32 Å². The van der Waals surface area contributed by atoms with Crippen molar-refractivity contribution in [2.24, 2.45) is 0 Å². The van der Waals surface area contributed by atoms with E-state index in [1.165, 1.54) is 6.92 Å². The monoisotopic (exact) mass is 217 g/mol. The fourth-order valence-electron chi connectivity index (χ4n) is 1.31. The second kappa shape index (κ2) is 5.16. The summed E-state index contributed by atoms with van der Waals surface area (Å²) in [6, 6.07) is 8.82. The Kier molecular flexibility index (Phi) is 4.15. The second-order valence-corrected chi connectivity index (χ2v) is 3.59. The van der Waals surface area contributed by atoms with Crippen molar-refractivity contribution in [3.8, 4) is 0 Å². The zero-order chi connectivity index (χ0) is 11.3. The van der Waals surface area contributed by atoms with Gasteiger partial charge < -0.3 is 5.32 Å². The van der Waals surface area contributed by atoms with Gasteiger partial charge in [-0.2, -0.15) is 13.2 Å². The molecule has 0 aliphatic rings. The summed E-state index contributed by atoms with van der Waals surface area (Å²) < 4.78 is 36.0. The first-order chi connectivity index (χ1) is 6.97. The van der Waals surface area contributed by atoms with E-state index in [9.17, 15) is 13.2 Å². The first kappa shape index (κ1) is 12.0. The maximum absolute atomic E-state index is 12.0. The Hall–Kier alpha value is -1.03. The normalized spacial score (nSPS) is 13.9. The Balaban J connectivity index is 2.32. The smallest absolute Gasteiger partial charge is 0.310 e. The predicted octanol–water partition coefficient (Wildman–Crippen LogP) is 3.12. The van der Waals surface area contributed by atoms with Crippen LogP contribution < -0.4 is 5.32 Å². The number of halogens is 3. The molecule has 1 rings (SSSR count). The lowest BCUT2D eigenvalue weighted by Crippen LogP contribution is -2.30. The zero-order valence-corrected chi connectivity index (χ0v) is 8.51. The molecular weight excluding hydrogens is 203 g/mol. The average molecular weight is 217 g/mol. The largest absolute Gasteiger partial charge is 0.390 e. The van der Waals surface area contributed by atoms with Crippen LogP contribution >= 0.6 is 0 Å². The molecule has 1 nitrogen and oxygen atoms in total. The van der Waals surface area contributed by atoms with Gasteiger partial charge >= 0.3 is 6.18 Å². The molecule has 1 unspecified atom stereocenters. The number of nitrogens with one attached hydrogen (secondary N) is 1. The first-order valence-corrected chi connectivity index (χ1v) is 4.81. The highest BCUT2D eigenvalue weighted by molar-refractivity contribution is 5.14. The van der Waals surface area contributed by atoms with Crippen LogP contribution in [0.4, 0.5) is 13.2 Å². The summed E-state index contributed by atoms with van der Waals surface area (Å²) in [5, 5.41) is 2.84. The van der Waals surface area contributed by atoms with Crippen molar-refractivity contribution in [2.75, 3.05) is 0 Å². The van der Waals surface area contributed by atoms with Crippen LogP contribution in [-0.2, 0) is 6.54 Å². The van der Waals surface area contributed by atoms with E-state index in [0.717, 1.165) is 5.56 Å². The van der Waals surface area contributed by atoms with Gasteiger partial charge in [0.1, 0.15) is 0 Å². The fraction of sp³-hybridized carbons (Fsp3) is 0.455. The van der Waals surface area contributed by atoms with Crippen LogP contribution in [0.5, 0.6) is 0 Å². The van der Waals surface area contributed by atoms with Crippen LogP contribution in [-0.4, -0.2) is 12.2 Å². The fourth-order valence-corrected chi connectivity index (χ4v) is 1.31. The molecule has 1 aromatic rings. The molecule has 0 fully saturated rings. The van der Waals surface area contributed by atoms with Crippen molar-refractivity contribution >= 4 is 0 Å². The number of benzene rings is 1. The van der Waals surface area contributed by atoms with Gasteiger partial charge in [-0.1, -0.05) is 30.3 Å². The predicted molar refractivity (Wildman–Crippen MR) is 53.4 cm³/mol. The van der Waals surface area contributed by atoms with Gasteiger partial charge in [0.2, 0.25) is 0 Å². The summed E-state index contributed by atoms with van der Waals surface area (Å²) >= 11 is 0. The molecule has 0 bridgehead atoms. The molecule has 0 saturated carbocycles. The van der Waals surface area contributed by atoms with Crippen LogP contribution in [0.25, 0.3) is 0 Å². The molecule has 1 N–H and O–H groups in total. The summed E-state index contributed by atoms with van der Waals surface area (Å²) in [4.78, 5) is 0. The highest BCUT2D eigenvalue weighted by atomic mass is 19.4. The lowest BCUT2D eigenvalue weighted by atomic mass is 10.2. The van der Waals surface area contributed by atoms with Crippen molar-refractivity contribution in [3.05, 3.63) is 35.9 Å². The van der Waals surface area contributed by atoms with E-state index in [4.69, 9.17) is 0 Å². The molecule has 0 heterocycles. The van der Waals surface area contributed by atoms with Crippen LogP contribution in [0.3, 0.4) is 0 Å². The van der Waals surface area contributed by atoms with Crippen molar-refractivity contribution < 1.29 is 13.2 Å². The molecular formula is C11H14F3N. The standard InChI is InChI=1S/C11H14F3N/c1-9(7-11(12,13)14)15-8-10-5-3-2-4-6-10/h2-6,9,15H,7-8H2,1H3. The minimum Gasteiger partial charge on any atom is -0.310 e. The molecule has 84 valence electrons. The molecule has 0 aliphatic heterocycles. The number of alkyl halides is 3. The van der Waals surface area contributed by atoms with Gasteiger partial charge in [-0.25, -0.2) is 0 Å². The van der Waals surface area contributed by atoms with E-state index in [-0.39, 0.29) is 0 Å². The molecule has 1 aromatic carbocycles. The Morgan fingerprint density at radius 2 is 1.80 bits per heavy atom. The molecule has 1 atom stereocenters. The number of rotatable bonds is 4. The maximum Gasteiger partial charge on any atom is 0.390 e. The highest BCUT2D eigenvalue weighted by Gasteiger charge is 2.29. The van der Waals surface area contributed by atoms with Crippen molar-refractivity contribution in [1.82, 2.24) is 5.32 Å². The topological polar surface area (TPSA) is 12.0 Å². The van der Waals surface area contributed by atoms with Crippen LogP contribution in [0, 0.1) is 0 Å². The quantitative estimate of drug-likeness (QED) is 0.817. The number of hydrogen-bond donors (Lipinski definition) is 1. The van der Waals surface area contributed by atoms with Gasteiger partial charge in [-0.15, -0.1) is 0 Å². The molecule has 4 heteroatoms. The summed E-state index contributed by atoms with van der Waals surface area (Å²) in [6.45, 7) is 2.01. The van der Waals surface area contributed by atoms with E-state index >= 15 is 0 Å². The van der Waals surface area contributed by atoms with E-state index in [1.807, 2.05) is 30.3 Å². The molecule has 0 aromatic heterocycles. The third-order valence-corrected chi connectivity index (χ3v) is 2.04. The minimum atomic E-state index is -4.09. The summed E-state index contributed by atoms with van der Waals surface area (Å²) in [7, 11) is 0. The molecule has 0 saturated heterocycles. The van der Waals surface area contributed by atoms with E-state index in [1.54, 1.807) is 0 Å². The Labute approximate surface area is 87.3 Å². The van der Waals surface area contributed by atoms with Gasteiger partial charge in [0.05, 0.1) is 6.42 Å². The van der Waals surface area contributed by atoms with Crippen molar-refractivity contribution in [1.29, 1.82) is 0 Å². The Morgan fingerprint density at radius 3 is 2.33 bits per heavy atom. The molecule has 15 heavy (non-hydrogen) atoms. The zero-order valence-electron chi connectivity index (χ0n) is 8.51. The van der Waals surface area contributed by atoms with Crippen molar-refractivity contribution in [2.45, 2.75) is 32.1 Å². The SMILES string of the molecule is CC(CC(F)(F)F)NCc1ccccc1. The molecule has 0 radical (unpaired) electrons. The van der Waals surface area contributed by atoms with Gasteiger partial charge in [0.15, 0.2) is 0 Å². The summed E-state index contributed by atoms with van der Waals surface area (Å²) in [5.41, 5.74) is 0.992. The van der Waals surface area contributed by atoms with Crippen LogP contribution in [0.1, 0.15) is 18.9 Å². The third-order valence-electron chi connectivity index (χ3n) is 2.04. The third kappa shape index (κ3) is 5.42. The second-order valence-electron chi connectivity index (χ2n) is 3.59. The summed E-state index contributed by atoms with van der Waals surface area (Å²) in [5.74, 6) is 0. The molecule has 0 amide bonds. The number of hydrogen-bond acceptors (Lipinski definition) is 1. The van der Waals surface area contributed by atoms with Crippen molar-refractivity contribution in [3.63, 3.8) is 0 Å². The molecule has 0 aliphatic carbocycles. The molecule has 0 spiro atoms. The Morgan fingerprint density at radius 1 is 1.20 bits per heavy atom. The lowest BCUT2D eigenvalue weighted by Gasteiger charge is -2.15. The van der Waals surface area contributed by atoms with Gasteiger partial charge in [-0.05, 0) is 12.5 Å². The van der Waals surface area contributed by atoms with Gasteiger partial charge in [-0.3, -0.25) is 0 Å². The summed E-state index contributed by atoms with van der Waals surface area (Å²) in [6.07, 6.45) is -4.89. The van der Waals surface area contributed by atoms with E-state index in [0.29, 0.717) is 6.54 Å². The average Bonchev–Trinajstić information content (AvgIpc) is 2.14. The Bertz CT molecular complexity index is 282. The van der Waals surface area contributed by atoms with Gasteiger partial charge in [0, 0.05) is 12.6 Å². The van der Waals surface area contributed by atoms with Crippen LogP contribution in [0.15, 0.2) is 30.3 Å². The lowest BCUT2D eigenvalue weighted by molar-refractivity contribution is -0.139. The maximum atomic E-state index is 12.0. The minimum absolute atomic E-state index is 0.470.